The van der Waals surface area contributed by atoms with E-state index in [0.717, 1.165) is 39.3 Å². The summed E-state index contributed by atoms with van der Waals surface area (Å²) in [5, 5.41) is 0. The predicted molar refractivity (Wildman–Crippen MR) is 106 cm³/mol. The number of rotatable bonds is 6. The molecular formula is C22H30N4O. The molecule has 2 aromatic heterocycles. The Bertz CT molecular complexity index is 701. The van der Waals surface area contributed by atoms with E-state index >= 15 is 0 Å². The third-order valence-electron chi connectivity index (χ3n) is 6.36. The van der Waals surface area contributed by atoms with E-state index in [1.165, 1.54) is 30.5 Å². The van der Waals surface area contributed by atoms with Crippen LogP contribution in [0.25, 0.3) is 0 Å². The molecule has 27 heavy (non-hydrogen) atoms. The first-order valence-electron chi connectivity index (χ1n) is 9.99. The molecule has 1 spiro atoms. The molecule has 0 aromatic carbocycles. The lowest BCUT2D eigenvalue weighted by atomic mass is 9.71. The maximum Gasteiger partial charge on any atom is 0.0508 e. The quantitative estimate of drug-likeness (QED) is 0.786. The number of piperidine rings is 1. The Balaban J connectivity index is 1.38. The van der Waals surface area contributed by atoms with E-state index < -0.39 is 0 Å². The molecule has 5 nitrogen and oxygen atoms in total. The molecule has 2 aliphatic rings. The Kier molecular flexibility index (Phi) is 5.81. The first-order valence-corrected chi connectivity index (χ1v) is 9.99. The van der Waals surface area contributed by atoms with Gasteiger partial charge < -0.3 is 4.74 Å². The minimum Gasteiger partial charge on any atom is -0.384 e. The molecule has 2 saturated heterocycles. The van der Waals surface area contributed by atoms with Crippen molar-refractivity contribution in [3.63, 3.8) is 0 Å². The average Bonchev–Trinajstić information content (AvgIpc) is 3.02. The van der Waals surface area contributed by atoms with Gasteiger partial charge in [0.1, 0.15) is 0 Å². The van der Waals surface area contributed by atoms with Gasteiger partial charge in [-0.15, -0.1) is 0 Å². The van der Waals surface area contributed by atoms with E-state index in [-0.39, 0.29) is 0 Å². The molecule has 2 aliphatic heterocycles. The van der Waals surface area contributed by atoms with Crippen molar-refractivity contribution in [1.82, 2.24) is 19.8 Å². The normalized spacial score (nSPS) is 23.1. The lowest BCUT2D eigenvalue weighted by Gasteiger charge is -2.42. The van der Waals surface area contributed by atoms with Crippen LogP contribution in [0.5, 0.6) is 0 Å². The number of methoxy groups -OCH3 is 1. The Labute approximate surface area is 162 Å². The van der Waals surface area contributed by atoms with Gasteiger partial charge in [0.15, 0.2) is 0 Å². The third kappa shape index (κ3) is 4.37. The smallest absolute Gasteiger partial charge is 0.0508 e. The molecule has 144 valence electrons. The van der Waals surface area contributed by atoms with Gasteiger partial charge in [-0.05, 0) is 54.6 Å². The molecular weight excluding hydrogens is 336 g/mol. The second-order valence-electron chi connectivity index (χ2n) is 8.18. The second-order valence-corrected chi connectivity index (χ2v) is 8.18. The van der Waals surface area contributed by atoms with Crippen LogP contribution in [-0.4, -0.2) is 59.7 Å². The first kappa shape index (κ1) is 18.5. The van der Waals surface area contributed by atoms with Gasteiger partial charge in [-0.3, -0.25) is 19.8 Å². The number of hydrogen-bond acceptors (Lipinski definition) is 5. The Morgan fingerprint density at radius 1 is 1.00 bits per heavy atom. The van der Waals surface area contributed by atoms with Gasteiger partial charge in [0.25, 0.3) is 0 Å². The zero-order chi connectivity index (χ0) is 18.5. The molecule has 0 bridgehead atoms. The third-order valence-corrected chi connectivity index (χ3v) is 6.36. The van der Waals surface area contributed by atoms with Crippen molar-refractivity contribution in [3.05, 3.63) is 60.2 Å². The highest BCUT2D eigenvalue weighted by Crippen LogP contribution is 2.45. The van der Waals surface area contributed by atoms with Gasteiger partial charge in [0.2, 0.25) is 0 Å². The zero-order valence-corrected chi connectivity index (χ0v) is 16.3. The number of likely N-dealkylation sites (tertiary alicyclic amines) is 2. The second kappa shape index (κ2) is 8.46. The summed E-state index contributed by atoms with van der Waals surface area (Å²) >= 11 is 0. The van der Waals surface area contributed by atoms with Crippen LogP contribution < -0.4 is 0 Å². The number of pyridine rings is 2. The largest absolute Gasteiger partial charge is 0.384 e. The fraction of sp³-hybridized carbons (Fsp3) is 0.545. The van der Waals surface area contributed by atoms with Crippen molar-refractivity contribution >= 4 is 0 Å². The summed E-state index contributed by atoms with van der Waals surface area (Å²) in [4.78, 5) is 13.7. The summed E-state index contributed by atoms with van der Waals surface area (Å²) in [5.41, 5.74) is 3.01. The predicted octanol–water partition coefficient (Wildman–Crippen LogP) is 2.84. The molecule has 4 rings (SSSR count). The van der Waals surface area contributed by atoms with Crippen LogP contribution in [0.1, 0.15) is 24.0 Å². The fourth-order valence-corrected chi connectivity index (χ4v) is 4.92. The molecule has 0 unspecified atom stereocenters. The Morgan fingerprint density at radius 2 is 1.63 bits per heavy atom. The van der Waals surface area contributed by atoms with Crippen LogP contribution in [0.3, 0.4) is 0 Å². The number of aromatic nitrogens is 2. The highest BCUT2D eigenvalue weighted by Gasteiger charge is 2.47. The summed E-state index contributed by atoms with van der Waals surface area (Å²) < 4.78 is 5.61. The van der Waals surface area contributed by atoms with E-state index in [1.807, 2.05) is 44.0 Å². The first-order chi connectivity index (χ1) is 13.3. The highest BCUT2D eigenvalue weighted by molar-refractivity contribution is 5.11. The molecule has 1 atom stereocenters. The fourth-order valence-electron chi connectivity index (χ4n) is 4.92. The monoisotopic (exact) mass is 366 g/mol. The van der Waals surface area contributed by atoms with Crippen molar-refractivity contribution < 1.29 is 4.74 Å². The number of nitrogens with zero attached hydrogens (tertiary/aromatic N) is 4. The summed E-state index contributed by atoms with van der Waals surface area (Å²) in [6.07, 6.45) is 10.2. The van der Waals surface area contributed by atoms with Gasteiger partial charge >= 0.3 is 0 Å². The van der Waals surface area contributed by atoms with E-state index in [2.05, 4.69) is 31.9 Å². The van der Waals surface area contributed by atoms with Crippen molar-refractivity contribution in [2.24, 2.45) is 11.3 Å². The van der Waals surface area contributed by atoms with Crippen LogP contribution in [0.4, 0.5) is 0 Å². The number of ether oxygens (including phenoxy) is 1. The zero-order valence-electron chi connectivity index (χ0n) is 16.3. The van der Waals surface area contributed by atoms with Crippen LogP contribution >= 0.6 is 0 Å². The van der Waals surface area contributed by atoms with Gasteiger partial charge in [-0.25, -0.2) is 0 Å². The van der Waals surface area contributed by atoms with E-state index in [4.69, 9.17) is 4.74 Å². The van der Waals surface area contributed by atoms with E-state index in [9.17, 15) is 0 Å². The summed E-state index contributed by atoms with van der Waals surface area (Å²) in [7, 11) is 1.84. The minimum absolute atomic E-state index is 0.393. The summed E-state index contributed by atoms with van der Waals surface area (Å²) in [6, 6.07) is 8.42. The molecule has 2 aromatic rings. The van der Waals surface area contributed by atoms with Gasteiger partial charge in [0, 0.05) is 64.0 Å². The van der Waals surface area contributed by atoms with Crippen molar-refractivity contribution in [1.29, 1.82) is 0 Å². The molecule has 4 heterocycles. The maximum absolute atomic E-state index is 5.61. The SMILES string of the molecule is COC[C@H]1CN(Cc2cccnc2)CC12CCN(Cc1cccnc1)CC2. The highest BCUT2D eigenvalue weighted by atomic mass is 16.5. The van der Waals surface area contributed by atoms with Crippen LogP contribution in [0.2, 0.25) is 0 Å². The maximum atomic E-state index is 5.61. The summed E-state index contributed by atoms with van der Waals surface area (Å²) in [5.74, 6) is 0.625. The standard InChI is InChI=1S/C22H30N4O/c1-27-17-21-16-26(15-20-5-3-9-24-13-20)18-22(21)6-10-25(11-7-22)14-19-4-2-8-23-12-19/h2-5,8-9,12-13,21H,6-7,10-11,14-18H2,1H3/t21-/m1/s1. The summed E-state index contributed by atoms with van der Waals surface area (Å²) in [6.45, 7) is 7.51. The van der Waals surface area contributed by atoms with E-state index in [0.29, 0.717) is 11.3 Å². The van der Waals surface area contributed by atoms with E-state index in [1.54, 1.807) is 0 Å². The minimum atomic E-state index is 0.393. The van der Waals surface area contributed by atoms with Crippen molar-refractivity contribution in [2.75, 3.05) is 39.9 Å². The van der Waals surface area contributed by atoms with Gasteiger partial charge in [-0.1, -0.05) is 12.1 Å². The average molecular weight is 367 g/mol. The van der Waals surface area contributed by atoms with Gasteiger partial charge in [0.05, 0.1) is 6.61 Å². The molecule has 0 aliphatic carbocycles. The molecule has 2 fully saturated rings. The van der Waals surface area contributed by atoms with Gasteiger partial charge in [-0.2, -0.15) is 0 Å². The lowest BCUT2D eigenvalue weighted by Crippen LogP contribution is -2.44. The number of hydrogen-bond donors (Lipinski definition) is 0. The molecule has 0 amide bonds. The molecule has 0 N–H and O–H groups in total. The topological polar surface area (TPSA) is 41.5 Å². The Hall–Kier alpha value is -1.82. The molecule has 0 saturated carbocycles. The van der Waals surface area contributed by atoms with Crippen LogP contribution in [0, 0.1) is 11.3 Å². The van der Waals surface area contributed by atoms with Crippen LogP contribution in [0.15, 0.2) is 49.1 Å². The Morgan fingerprint density at radius 3 is 2.19 bits per heavy atom. The van der Waals surface area contributed by atoms with Crippen molar-refractivity contribution in [3.8, 4) is 0 Å². The molecule has 5 heteroatoms. The lowest BCUT2D eigenvalue weighted by molar-refractivity contribution is 0.0350. The van der Waals surface area contributed by atoms with Crippen LogP contribution in [-0.2, 0) is 17.8 Å². The molecule has 0 radical (unpaired) electrons. The van der Waals surface area contributed by atoms with Crippen molar-refractivity contribution in [2.45, 2.75) is 25.9 Å².